The van der Waals surface area contributed by atoms with Gasteiger partial charge in [-0.15, -0.1) is 0 Å². The summed E-state index contributed by atoms with van der Waals surface area (Å²) in [7, 11) is 0. The molecule has 1 atom stereocenters. The topological polar surface area (TPSA) is 81.0 Å². The van der Waals surface area contributed by atoms with Crippen molar-refractivity contribution < 1.29 is 19.4 Å². The number of benzene rings is 5. The van der Waals surface area contributed by atoms with Crippen LogP contribution in [0.5, 0.6) is 11.6 Å². The molecular weight excluding hydrogens is 657 g/mol. The normalized spacial score (nSPS) is 14.3. The van der Waals surface area contributed by atoms with E-state index in [1.807, 2.05) is 160 Å². The van der Waals surface area contributed by atoms with Gasteiger partial charge in [0.15, 0.2) is 0 Å². The van der Waals surface area contributed by atoms with Crippen LogP contribution in [-0.4, -0.2) is 34.0 Å². The van der Waals surface area contributed by atoms with Crippen molar-refractivity contribution in [1.29, 1.82) is 0 Å². The maximum Gasteiger partial charge on any atom is 0.415 e. The van der Waals surface area contributed by atoms with Gasteiger partial charge in [-0.1, -0.05) is 133 Å². The largest absolute Gasteiger partial charge is 0.494 e. The Morgan fingerprint density at radius 1 is 0.765 bits per heavy atom. The summed E-state index contributed by atoms with van der Waals surface area (Å²) in [5, 5.41) is 12.0. The van der Waals surface area contributed by atoms with Crippen molar-refractivity contribution >= 4 is 23.1 Å². The molecule has 1 aromatic heterocycles. The Bertz CT molecular complexity index is 2080. The van der Waals surface area contributed by atoms with Gasteiger partial charge in [0.2, 0.25) is 5.88 Å². The summed E-state index contributed by atoms with van der Waals surface area (Å²) in [5.41, 5.74) is 3.70. The number of hydrogen-bond donors (Lipinski definition) is 1. The lowest BCUT2D eigenvalue weighted by molar-refractivity contribution is 0.0560. The Morgan fingerprint density at radius 3 is 1.84 bits per heavy atom. The van der Waals surface area contributed by atoms with Crippen molar-refractivity contribution in [2.45, 2.75) is 50.8 Å². The number of fused-ring (bicyclic) bond motifs is 1. The van der Waals surface area contributed by atoms with Crippen LogP contribution < -0.4 is 14.5 Å². The van der Waals surface area contributed by atoms with Crippen LogP contribution in [0, 0.1) is 0 Å². The molecule has 5 aromatic carbocycles. The Kier molecular flexibility index (Phi) is 9.27. The summed E-state index contributed by atoms with van der Waals surface area (Å²) in [4.78, 5) is 29.3. The van der Waals surface area contributed by atoms with Crippen molar-refractivity contribution in [2.24, 2.45) is 0 Å². The number of thiazole rings is 1. The summed E-state index contributed by atoms with van der Waals surface area (Å²) in [6, 6.07) is 44.9. The molecule has 258 valence electrons. The van der Waals surface area contributed by atoms with E-state index in [-0.39, 0.29) is 16.8 Å². The van der Waals surface area contributed by atoms with Crippen LogP contribution in [0.25, 0.3) is 0 Å². The van der Waals surface area contributed by atoms with Crippen LogP contribution in [0.2, 0.25) is 0 Å². The number of para-hydroxylation sites is 1. The van der Waals surface area contributed by atoms with E-state index in [1.54, 1.807) is 9.47 Å². The molecule has 1 unspecified atom stereocenters. The Labute approximate surface area is 302 Å². The van der Waals surface area contributed by atoms with E-state index in [2.05, 4.69) is 0 Å². The summed E-state index contributed by atoms with van der Waals surface area (Å²) in [5.74, 6) is 0.593. The summed E-state index contributed by atoms with van der Waals surface area (Å²) >= 11 is 1.06. The van der Waals surface area contributed by atoms with Gasteiger partial charge in [0.05, 0.1) is 16.6 Å². The third-order valence-electron chi connectivity index (χ3n) is 9.16. The molecule has 1 aliphatic rings. The van der Waals surface area contributed by atoms with Crippen LogP contribution in [0.1, 0.15) is 53.5 Å². The minimum atomic E-state index is -1.11. The third kappa shape index (κ3) is 6.67. The summed E-state index contributed by atoms with van der Waals surface area (Å²) in [6.45, 7) is 5.87. The lowest BCUT2D eigenvalue weighted by atomic mass is 9.76. The molecule has 0 radical (unpaired) electrons. The first-order chi connectivity index (χ1) is 24.6. The van der Waals surface area contributed by atoms with Crippen molar-refractivity contribution in [3.8, 4) is 11.6 Å². The SMILES string of the molecule is CC(C)(C)OC(=O)N1c2ccccc2CC1COc1ccc(Cc2sc(=O)n(C(c3ccccc3)(c3ccccc3)c3ccccc3)c2O)cc1. The number of carbonyl (C=O) groups excluding carboxylic acids is 1. The fourth-order valence-corrected chi connectivity index (χ4v) is 7.92. The zero-order chi connectivity index (χ0) is 35.6. The number of carbonyl (C=O) groups is 1. The maximum atomic E-state index is 14.1. The third-order valence-corrected chi connectivity index (χ3v) is 10.1. The highest BCUT2D eigenvalue weighted by Crippen LogP contribution is 2.44. The van der Waals surface area contributed by atoms with Crippen LogP contribution in [0.3, 0.4) is 0 Å². The molecule has 0 saturated heterocycles. The van der Waals surface area contributed by atoms with Crippen LogP contribution in [-0.2, 0) is 23.1 Å². The van der Waals surface area contributed by atoms with Crippen LogP contribution >= 0.6 is 11.3 Å². The minimum absolute atomic E-state index is 0.0649. The Hall–Kier alpha value is -5.60. The van der Waals surface area contributed by atoms with Gasteiger partial charge in [0.1, 0.15) is 23.5 Å². The first-order valence-electron chi connectivity index (χ1n) is 17.1. The molecule has 7 nitrogen and oxygen atoms in total. The quantitative estimate of drug-likeness (QED) is 0.153. The highest BCUT2D eigenvalue weighted by atomic mass is 32.1. The molecule has 1 N–H and O–H groups in total. The first kappa shape index (κ1) is 33.9. The van der Waals surface area contributed by atoms with Gasteiger partial charge in [0, 0.05) is 6.42 Å². The fourth-order valence-electron chi connectivity index (χ4n) is 6.98. The summed E-state index contributed by atoms with van der Waals surface area (Å²) < 4.78 is 13.5. The van der Waals surface area contributed by atoms with Gasteiger partial charge in [-0.25, -0.2) is 4.79 Å². The molecular formula is C43H40N2O5S. The number of hydrogen-bond acceptors (Lipinski definition) is 6. The highest BCUT2D eigenvalue weighted by molar-refractivity contribution is 7.09. The predicted octanol–water partition coefficient (Wildman–Crippen LogP) is 8.79. The first-order valence-corrected chi connectivity index (χ1v) is 17.9. The van der Waals surface area contributed by atoms with E-state index >= 15 is 0 Å². The molecule has 1 amide bonds. The van der Waals surface area contributed by atoms with Gasteiger partial charge < -0.3 is 14.6 Å². The molecule has 0 fully saturated rings. The zero-order valence-electron chi connectivity index (χ0n) is 28.9. The number of nitrogens with zero attached hydrogens (tertiary/aromatic N) is 2. The molecule has 6 aromatic rings. The Morgan fingerprint density at radius 2 is 1.29 bits per heavy atom. The molecule has 2 heterocycles. The molecule has 0 bridgehead atoms. The maximum absolute atomic E-state index is 14.1. The lowest BCUT2D eigenvalue weighted by Crippen LogP contribution is -2.44. The molecule has 51 heavy (non-hydrogen) atoms. The van der Waals surface area contributed by atoms with Gasteiger partial charge in [-0.2, -0.15) is 0 Å². The molecule has 1 aliphatic heterocycles. The lowest BCUT2D eigenvalue weighted by Gasteiger charge is -2.37. The van der Waals surface area contributed by atoms with Crippen molar-refractivity contribution in [1.82, 2.24) is 4.57 Å². The average Bonchev–Trinajstić information content (AvgIpc) is 3.65. The molecule has 8 heteroatoms. The minimum Gasteiger partial charge on any atom is -0.494 e. The second-order valence-corrected chi connectivity index (χ2v) is 14.8. The highest BCUT2D eigenvalue weighted by Gasteiger charge is 2.42. The predicted molar refractivity (Wildman–Crippen MR) is 202 cm³/mol. The van der Waals surface area contributed by atoms with Gasteiger partial charge in [0.25, 0.3) is 0 Å². The molecule has 0 saturated carbocycles. The van der Waals surface area contributed by atoms with Crippen LogP contribution in [0.4, 0.5) is 10.5 Å². The number of rotatable bonds is 9. The average molecular weight is 697 g/mol. The monoisotopic (exact) mass is 696 g/mol. The summed E-state index contributed by atoms with van der Waals surface area (Å²) in [6.07, 6.45) is 0.634. The van der Waals surface area contributed by atoms with E-state index < -0.39 is 17.2 Å². The fraction of sp³-hybridized carbons (Fsp3) is 0.209. The molecule has 7 rings (SSSR count). The molecule has 0 aliphatic carbocycles. The van der Waals surface area contributed by atoms with E-state index in [0.29, 0.717) is 30.1 Å². The van der Waals surface area contributed by atoms with E-state index in [0.717, 1.165) is 44.8 Å². The second kappa shape index (κ2) is 14.0. The van der Waals surface area contributed by atoms with E-state index in [9.17, 15) is 14.7 Å². The Balaban J connectivity index is 1.15. The van der Waals surface area contributed by atoms with E-state index in [4.69, 9.17) is 9.47 Å². The van der Waals surface area contributed by atoms with E-state index in [1.165, 1.54) is 0 Å². The number of amides is 1. The zero-order valence-corrected chi connectivity index (χ0v) is 29.7. The van der Waals surface area contributed by atoms with Crippen molar-refractivity contribution in [2.75, 3.05) is 11.5 Å². The molecule has 0 spiro atoms. The standard InChI is InChI=1S/C43H40N2O5S/c1-42(2,3)50-40(47)44-35(28-31-15-13-14-22-37(31)44)29-49-36-25-23-30(24-26-36)27-38-39(46)45(41(48)51-38)43(32-16-7-4-8-17-32,33-18-9-5-10-19-33)34-20-11-6-12-21-34/h4-26,35,46H,27-29H2,1-3H3. The second-order valence-electron chi connectivity index (χ2n) is 13.7. The smallest absolute Gasteiger partial charge is 0.415 e. The number of aromatic nitrogens is 1. The van der Waals surface area contributed by atoms with Crippen molar-refractivity contribution in [3.05, 3.63) is 182 Å². The van der Waals surface area contributed by atoms with Gasteiger partial charge >= 0.3 is 11.0 Å². The number of ether oxygens (including phenoxy) is 2. The van der Waals surface area contributed by atoms with Crippen molar-refractivity contribution in [3.63, 3.8) is 0 Å². The van der Waals surface area contributed by atoms with Gasteiger partial charge in [-0.3, -0.25) is 14.3 Å². The number of anilines is 1. The van der Waals surface area contributed by atoms with Gasteiger partial charge in [-0.05, 0) is 73.2 Å². The van der Waals surface area contributed by atoms with Crippen LogP contribution in [0.15, 0.2) is 144 Å². The number of aromatic hydroxyl groups is 1.